The summed E-state index contributed by atoms with van der Waals surface area (Å²) < 4.78 is 18.0. The summed E-state index contributed by atoms with van der Waals surface area (Å²) in [5.41, 5.74) is 2.21. The van der Waals surface area contributed by atoms with Crippen molar-refractivity contribution in [2.45, 2.75) is 12.8 Å². The summed E-state index contributed by atoms with van der Waals surface area (Å²) in [5.74, 6) is -0.106. The lowest BCUT2D eigenvalue weighted by Crippen LogP contribution is -2.29. The van der Waals surface area contributed by atoms with Crippen LogP contribution in [0.25, 0.3) is 11.3 Å². The van der Waals surface area contributed by atoms with Gasteiger partial charge in [-0.1, -0.05) is 0 Å². The molecule has 0 fully saturated rings. The molecular formula is C21H19FN2O3S. The summed E-state index contributed by atoms with van der Waals surface area (Å²) in [5, 5.41) is 5.40. The molecule has 0 saturated carbocycles. The first-order valence-electron chi connectivity index (χ1n) is 8.69. The molecule has 3 rings (SSSR count). The molecule has 0 bridgehead atoms. The maximum atomic E-state index is 12.9. The van der Waals surface area contributed by atoms with Gasteiger partial charge in [-0.2, -0.15) is 0 Å². The summed E-state index contributed by atoms with van der Waals surface area (Å²) in [4.78, 5) is 28.5. The van der Waals surface area contributed by atoms with Crippen LogP contribution in [0.3, 0.4) is 0 Å². The van der Waals surface area contributed by atoms with Crippen LogP contribution < -0.4 is 10.1 Å². The largest absolute Gasteiger partial charge is 0.497 e. The van der Waals surface area contributed by atoms with E-state index in [9.17, 15) is 14.0 Å². The predicted octanol–water partition coefficient (Wildman–Crippen LogP) is 3.89. The molecule has 3 aromatic rings. The normalized spacial score (nSPS) is 10.5. The van der Waals surface area contributed by atoms with E-state index in [1.54, 1.807) is 7.11 Å². The zero-order chi connectivity index (χ0) is 19.9. The van der Waals surface area contributed by atoms with Gasteiger partial charge in [-0.3, -0.25) is 9.59 Å². The minimum absolute atomic E-state index is 0.112. The number of amides is 1. The topological polar surface area (TPSA) is 68.3 Å². The Balaban J connectivity index is 1.47. The number of hydrogen-bond donors (Lipinski definition) is 1. The number of halogens is 1. The quantitative estimate of drug-likeness (QED) is 0.585. The van der Waals surface area contributed by atoms with Crippen LogP contribution in [0.15, 0.2) is 53.9 Å². The van der Waals surface area contributed by atoms with Gasteiger partial charge in [0.05, 0.1) is 24.4 Å². The van der Waals surface area contributed by atoms with Crippen molar-refractivity contribution in [2.75, 3.05) is 13.7 Å². The van der Waals surface area contributed by atoms with E-state index in [1.165, 1.54) is 35.6 Å². The van der Waals surface area contributed by atoms with Crippen LogP contribution in [0.2, 0.25) is 0 Å². The summed E-state index contributed by atoms with van der Waals surface area (Å²) in [6.45, 7) is -0.112. The maximum Gasteiger partial charge on any atom is 0.220 e. The van der Waals surface area contributed by atoms with E-state index >= 15 is 0 Å². The highest BCUT2D eigenvalue weighted by molar-refractivity contribution is 7.09. The number of nitrogens with one attached hydrogen (secondary N) is 1. The van der Waals surface area contributed by atoms with Crippen molar-refractivity contribution >= 4 is 23.0 Å². The number of Topliss-reactive ketones (excluding diaryl/α,β-unsaturated/α-hetero) is 1. The smallest absolute Gasteiger partial charge is 0.220 e. The number of nitrogens with zero attached hydrogens (tertiary/aromatic N) is 1. The van der Waals surface area contributed by atoms with Crippen molar-refractivity contribution in [2.24, 2.45) is 0 Å². The minimum atomic E-state index is -0.405. The van der Waals surface area contributed by atoms with Crippen molar-refractivity contribution in [1.82, 2.24) is 10.3 Å². The van der Waals surface area contributed by atoms with Crippen LogP contribution in [0, 0.1) is 5.82 Å². The molecule has 7 heteroatoms. The summed E-state index contributed by atoms with van der Waals surface area (Å²) in [7, 11) is 1.62. The molecule has 28 heavy (non-hydrogen) atoms. The lowest BCUT2D eigenvalue weighted by molar-refractivity contribution is -0.120. The number of rotatable bonds is 8. The van der Waals surface area contributed by atoms with Gasteiger partial charge in [0, 0.05) is 29.3 Å². The van der Waals surface area contributed by atoms with Crippen LogP contribution in [0.4, 0.5) is 4.39 Å². The van der Waals surface area contributed by atoms with E-state index in [0.29, 0.717) is 12.0 Å². The molecule has 0 atom stereocenters. The van der Waals surface area contributed by atoms with Crippen molar-refractivity contribution in [3.05, 3.63) is 70.3 Å². The van der Waals surface area contributed by atoms with E-state index in [-0.39, 0.29) is 24.7 Å². The number of ether oxygens (including phenoxy) is 1. The van der Waals surface area contributed by atoms with E-state index in [1.807, 2.05) is 29.6 Å². The molecule has 1 amide bonds. The van der Waals surface area contributed by atoms with Crippen LogP contribution in [0.1, 0.15) is 21.8 Å². The van der Waals surface area contributed by atoms with Gasteiger partial charge >= 0.3 is 0 Å². The van der Waals surface area contributed by atoms with Crippen LogP contribution >= 0.6 is 11.3 Å². The standard InChI is InChI=1S/C21H19FN2O3S/c1-27-17-8-4-14(5-9-17)18-13-28-21(24-18)11-10-20(26)23-12-19(25)15-2-6-16(22)7-3-15/h2-9,13H,10-12H2,1H3,(H,23,26). The summed E-state index contributed by atoms with van der Waals surface area (Å²) in [6, 6.07) is 12.9. The lowest BCUT2D eigenvalue weighted by Gasteiger charge is -2.04. The number of aryl methyl sites for hydroxylation is 1. The van der Waals surface area contributed by atoms with Gasteiger partial charge in [-0.25, -0.2) is 9.37 Å². The molecule has 0 spiro atoms. The number of aromatic nitrogens is 1. The molecule has 0 unspecified atom stereocenters. The number of hydrogen-bond acceptors (Lipinski definition) is 5. The average Bonchev–Trinajstić information content (AvgIpc) is 3.20. The molecule has 1 aromatic heterocycles. The average molecular weight is 398 g/mol. The third-order valence-corrected chi connectivity index (χ3v) is 5.02. The second kappa shape index (κ2) is 9.23. The van der Waals surface area contributed by atoms with E-state index in [0.717, 1.165) is 22.0 Å². The molecule has 2 aromatic carbocycles. The first-order valence-corrected chi connectivity index (χ1v) is 9.57. The zero-order valence-corrected chi connectivity index (χ0v) is 16.1. The van der Waals surface area contributed by atoms with E-state index in [4.69, 9.17) is 4.74 Å². The Bertz CT molecular complexity index is 953. The van der Waals surface area contributed by atoms with E-state index < -0.39 is 5.82 Å². The molecule has 0 aliphatic heterocycles. The van der Waals surface area contributed by atoms with Crippen molar-refractivity contribution in [1.29, 1.82) is 0 Å². The fourth-order valence-electron chi connectivity index (χ4n) is 2.55. The lowest BCUT2D eigenvalue weighted by atomic mass is 10.1. The van der Waals surface area contributed by atoms with Crippen LogP contribution in [-0.4, -0.2) is 30.3 Å². The molecule has 0 aliphatic carbocycles. The number of thiazole rings is 1. The maximum absolute atomic E-state index is 12.9. The molecule has 0 aliphatic rings. The number of methoxy groups -OCH3 is 1. The van der Waals surface area contributed by atoms with Crippen molar-refractivity contribution < 1.29 is 18.7 Å². The molecule has 144 valence electrons. The third-order valence-electron chi connectivity index (χ3n) is 4.12. The van der Waals surface area contributed by atoms with Crippen LogP contribution in [-0.2, 0) is 11.2 Å². The highest BCUT2D eigenvalue weighted by Gasteiger charge is 2.10. The monoisotopic (exact) mass is 398 g/mol. The second-order valence-electron chi connectivity index (χ2n) is 6.06. The number of benzene rings is 2. The summed E-state index contributed by atoms with van der Waals surface area (Å²) >= 11 is 1.49. The van der Waals surface area contributed by atoms with E-state index in [2.05, 4.69) is 10.3 Å². The number of carbonyl (C=O) groups is 2. The Labute approximate surface area is 166 Å². The van der Waals surface area contributed by atoms with Crippen molar-refractivity contribution in [3.63, 3.8) is 0 Å². The number of carbonyl (C=O) groups excluding carboxylic acids is 2. The third kappa shape index (κ3) is 5.23. The van der Waals surface area contributed by atoms with Gasteiger partial charge in [-0.05, 0) is 48.5 Å². The van der Waals surface area contributed by atoms with Gasteiger partial charge < -0.3 is 10.1 Å². The SMILES string of the molecule is COc1ccc(-c2csc(CCC(=O)NCC(=O)c3ccc(F)cc3)n2)cc1. The van der Waals surface area contributed by atoms with Gasteiger partial charge in [0.25, 0.3) is 0 Å². The second-order valence-corrected chi connectivity index (χ2v) is 7.00. The number of ketones is 1. The molecular weight excluding hydrogens is 379 g/mol. The molecule has 1 heterocycles. The Hall–Kier alpha value is -3.06. The highest BCUT2D eigenvalue weighted by atomic mass is 32.1. The minimum Gasteiger partial charge on any atom is -0.497 e. The van der Waals surface area contributed by atoms with Crippen LogP contribution in [0.5, 0.6) is 5.75 Å². The Morgan fingerprint density at radius 2 is 1.82 bits per heavy atom. The van der Waals surface area contributed by atoms with Gasteiger partial charge in [0.15, 0.2) is 5.78 Å². The molecule has 1 N–H and O–H groups in total. The van der Waals surface area contributed by atoms with Gasteiger partial charge in [0.2, 0.25) is 5.91 Å². The fraction of sp³-hybridized carbons (Fsp3) is 0.190. The van der Waals surface area contributed by atoms with Gasteiger partial charge in [0.1, 0.15) is 11.6 Å². The molecule has 0 saturated heterocycles. The fourth-order valence-corrected chi connectivity index (χ4v) is 3.35. The first kappa shape index (κ1) is 19.7. The predicted molar refractivity (Wildman–Crippen MR) is 106 cm³/mol. The Morgan fingerprint density at radius 1 is 1.11 bits per heavy atom. The summed E-state index contributed by atoms with van der Waals surface area (Å²) in [6.07, 6.45) is 0.740. The zero-order valence-electron chi connectivity index (χ0n) is 15.3. The Kier molecular flexibility index (Phi) is 6.49. The van der Waals surface area contributed by atoms with Gasteiger partial charge in [-0.15, -0.1) is 11.3 Å². The first-order chi connectivity index (χ1) is 13.5. The van der Waals surface area contributed by atoms with Crippen molar-refractivity contribution in [3.8, 4) is 17.0 Å². The molecule has 5 nitrogen and oxygen atoms in total. The molecule has 0 radical (unpaired) electrons. The highest BCUT2D eigenvalue weighted by Crippen LogP contribution is 2.24. The Morgan fingerprint density at radius 3 is 2.50 bits per heavy atom.